The molecule has 0 atom stereocenters. The van der Waals surface area contributed by atoms with Crippen molar-refractivity contribution in [3.05, 3.63) is 59.7 Å². The van der Waals surface area contributed by atoms with Gasteiger partial charge >= 0.3 is 0 Å². The van der Waals surface area contributed by atoms with Crippen molar-refractivity contribution in [3.63, 3.8) is 0 Å². The van der Waals surface area contributed by atoms with Crippen molar-refractivity contribution in [3.8, 4) is 0 Å². The predicted octanol–water partition coefficient (Wildman–Crippen LogP) is 3.18. The molecule has 6 heteroatoms. The van der Waals surface area contributed by atoms with E-state index in [1.165, 1.54) is 24.3 Å². The van der Waals surface area contributed by atoms with Crippen LogP contribution in [-0.2, 0) is 10.0 Å². The molecule has 0 saturated heterocycles. The second-order valence-electron chi connectivity index (χ2n) is 6.10. The van der Waals surface area contributed by atoms with Crippen molar-refractivity contribution < 1.29 is 13.2 Å². The Balaban J connectivity index is 2.11. The van der Waals surface area contributed by atoms with Crippen molar-refractivity contribution in [1.29, 1.82) is 0 Å². The zero-order valence-corrected chi connectivity index (χ0v) is 14.9. The topological polar surface area (TPSA) is 75.3 Å². The van der Waals surface area contributed by atoms with E-state index in [0.717, 1.165) is 5.56 Å². The van der Waals surface area contributed by atoms with Crippen molar-refractivity contribution in [1.82, 2.24) is 5.32 Å². The quantitative estimate of drug-likeness (QED) is 0.843. The third-order valence-corrected chi connectivity index (χ3v) is 4.80. The van der Waals surface area contributed by atoms with Crippen LogP contribution in [0.5, 0.6) is 0 Å². The van der Waals surface area contributed by atoms with Gasteiger partial charge in [0.25, 0.3) is 15.9 Å². The Labute approximate surface area is 143 Å². The van der Waals surface area contributed by atoms with Crippen LogP contribution in [0.2, 0.25) is 0 Å². The van der Waals surface area contributed by atoms with E-state index in [2.05, 4.69) is 10.0 Å². The minimum Gasteiger partial charge on any atom is -0.352 e. The van der Waals surface area contributed by atoms with E-state index in [-0.39, 0.29) is 10.8 Å². The number of aryl methyl sites for hydroxylation is 1. The molecule has 0 aliphatic rings. The maximum atomic E-state index is 12.4. The molecule has 0 aromatic heterocycles. The fourth-order valence-electron chi connectivity index (χ4n) is 2.02. The molecule has 0 heterocycles. The molecule has 2 aromatic carbocycles. The Morgan fingerprint density at radius 3 is 2.12 bits per heavy atom. The van der Waals surface area contributed by atoms with Crippen molar-refractivity contribution in [2.75, 3.05) is 11.3 Å². The molecular weight excluding hydrogens is 324 g/mol. The van der Waals surface area contributed by atoms with E-state index in [1.54, 1.807) is 12.1 Å². The van der Waals surface area contributed by atoms with Crippen molar-refractivity contribution >= 4 is 21.6 Å². The average molecular weight is 346 g/mol. The number of amides is 1. The lowest BCUT2D eigenvalue weighted by Gasteiger charge is -2.10. The molecule has 24 heavy (non-hydrogen) atoms. The summed E-state index contributed by atoms with van der Waals surface area (Å²) in [6, 6.07) is 13.0. The molecule has 0 unspecified atom stereocenters. The molecule has 0 bridgehead atoms. The zero-order valence-electron chi connectivity index (χ0n) is 14.0. The molecule has 0 spiro atoms. The van der Waals surface area contributed by atoms with E-state index >= 15 is 0 Å². The molecule has 0 radical (unpaired) electrons. The SMILES string of the molecule is Cc1ccc(NS(=O)(=O)c2ccc(C(=O)NCC(C)C)cc2)cc1. The number of hydrogen-bond donors (Lipinski definition) is 2. The average Bonchev–Trinajstić information content (AvgIpc) is 2.54. The van der Waals surface area contributed by atoms with E-state index in [9.17, 15) is 13.2 Å². The van der Waals surface area contributed by atoms with Gasteiger partial charge < -0.3 is 5.32 Å². The number of hydrogen-bond acceptors (Lipinski definition) is 3. The first-order chi connectivity index (χ1) is 11.3. The Morgan fingerprint density at radius 2 is 1.58 bits per heavy atom. The third kappa shape index (κ3) is 4.83. The Bertz CT molecular complexity index is 795. The summed E-state index contributed by atoms with van der Waals surface area (Å²) < 4.78 is 27.3. The predicted molar refractivity (Wildman–Crippen MR) is 95.6 cm³/mol. The largest absolute Gasteiger partial charge is 0.352 e. The van der Waals surface area contributed by atoms with Crippen LogP contribution in [0.1, 0.15) is 29.8 Å². The van der Waals surface area contributed by atoms with Crippen molar-refractivity contribution in [2.24, 2.45) is 5.92 Å². The maximum absolute atomic E-state index is 12.4. The van der Waals surface area contributed by atoms with Gasteiger partial charge in [-0.3, -0.25) is 9.52 Å². The lowest BCUT2D eigenvalue weighted by Crippen LogP contribution is -2.27. The lowest BCUT2D eigenvalue weighted by atomic mass is 10.2. The lowest BCUT2D eigenvalue weighted by molar-refractivity contribution is 0.0949. The molecule has 0 fully saturated rings. The maximum Gasteiger partial charge on any atom is 0.261 e. The number of sulfonamides is 1. The number of benzene rings is 2. The minimum atomic E-state index is -3.68. The van der Waals surface area contributed by atoms with Gasteiger partial charge in [0.1, 0.15) is 0 Å². The Hall–Kier alpha value is -2.34. The molecule has 2 aromatic rings. The number of carbonyl (C=O) groups excluding carboxylic acids is 1. The highest BCUT2D eigenvalue weighted by molar-refractivity contribution is 7.92. The molecule has 1 amide bonds. The van der Waals surface area contributed by atoms with Crippen LogP contribution < -0.4 is 10.0 Å². The van der Waals surface area contributed by atoms with Gasteiger partial charge in [-0.15, -0.1) is 0 Å². The monoisotopic (exact) mass is 346 g/mol. The zero-order chi connectivity index (χ0) is 17.7. The minimum absolute atomic E-state index is 0.114. The molecule has 0 aliphatic carbocycles. The van der Waals surface area contributed by atoms with Gasteiger partial charge in [0.15, 0.2) is 0 Å². The third-order valence-electron chi connectivity index (χ3n) is 3.40. The van der Waals surface area contributed by atoms with Gasteiger partial charge in [-0.1, -0.05) is 31.5 Å². The second kappa shape index (κ2) is 7.49. The van der Waals surface area contributed by atoms with E-state index in [1.807, 2.05) is 32.9 Å². The van der Waals surface area contributed by atoms with Gasteiger partial charge in [0.05, 0.1) is 4.90 Å². The van der Waals surface area contributed by atoms with E-state index < -0.39 is 10.0 Å². The summed E-state index contributed by atoms with van der Waals surface area (Å²) in [5, 5.41) is 2.80. The molecule has 0 aliphatic heterocycles. The van der Waals surface area contributed by atoms with Crippen LogP contribution >= 0.6 is 0 Å². The van der Waals surface area contributed by atoms with E-state index in [0.29, 0.717) is 23.7 Å². The Morgan fingerprint density at radius 1 is 1.00 bits per heavy atom. The summed E-state index contributed by atoms with van der Waals surface area (Å²) in [5.74, 6) is 0.145. The second-order valence-corrected chi connectivity index (χ2v) is 7.78. The van der Waals surface area contributed by atoms with Gasteiger partial charge in [-0.2, -0.15) is 0 Å². The Kier molecular flexibility index (Phi) is 5.62. The molecule has 2 N–H and O–H groups in total. The highest BCUT2D eigenvalue weighted by Crippen LogP contribution is 2.17. The summed E-state index contributed by atoms with van der Waals surface area (Å²) in [7, 11) is -3.68. The fourth-order valence-corrected chi connectivity index (χ4v) is 3.08. The molecule has 128 valence electrons. The number of carbonyl (C=O) groups is 1. The number of anilines is 1. The van der Waals surface area contributed by atoms with Crippen LogP contribution in [0.4, 0.5) is 5.69 Å². The highest BCUT2D eigenvalue weighted by atomic mass is 32.2. The van der Waals surface area contributed by atoms with Gasteiger partial charge in [-0.05, 0) is 49.2 Å². The summed E-state index contributed by atoms with van der Waals surface area (Å²) in [4.78, 5) is 12.1. The van der Waals surface area contributed by atoms with Crippen LogP contribution in [0.25, 0.3) is 0 Å². The van der Waals surface area contributed by atoms with E-state index in [4.69, 9.17) is 0 Å². The van der Waals surface area contributed by atoms with Gasteiger partial charge in [0.2, 0.25) is 0 Å². The van der Waals surface area contributed by atoms with Crippen LogP contribution in [0.15, 0.2) is 53.4 Å². The van der Waals surface area contributed by atoms with Crippen LogP contribution in [0, 0.1) is 12.8 Å². The summed E-state index contributed by atoms with van der Waals surface area (Å²) in [5.41, 5.74) is 1.99. The smallest absolute Gasteiger partial charge is 0.261 e. The molecule has 5 nitrogen and oxygen atoms in total. The normalized spacial score (nSPS) is 11.3. The highest BCUT2D eigenvalue weighted by Gasteiger charge is 2.15. The first kappa shape index (κ1) is 18.0. The van der Waals surface area contributed by atoms with Gasteiger partial charge in [-0.25, -0.2) is 8.42 Å². The molecular formula is C18H22N2O3S. The first-order valence-electron chi connectivity index (χ1n) is 7.75. The molecule has 2 rings (SSSR count). The first-order valence-corrected chi connectivity index (χ1v) is 9.24. The van der Waals surface area contributed by atoms with Crippen LogP contribution in [0.3, 0.4) is 0 Å². The van der Waals surface area contributed by atoms with Crippen molar-refractivity contribution in [2.45, 2.75) is 25.7 Å². The number of rotatable bonds is 6. The number of nitrogens with one attached hydrogen (secondary N) is 2. The summed E-state index contributed by atoms with van der Waals surface area (Å²) in [6.45, 7) is 6.52. The van der Waals surface area contributed by atoms with Gasteiger partial charge in [0, 0.05) is 17.8 Å². The fraction of sp³-hybridized carbons (Fsp3) is 0.278. The molecule has 0 saturated carbocycles. The standard InChI is InChI=1S/C18H22N2O3S/c1-13(2)12-19-18(21)15-6-10-17(11-7-15)24(22,23)20-16-8-4-14(3)5-9-16/h4-11,13,20H,12H2,1-3H3,(H,19,21). The van der Waals surface area contributed by atoms with Crippen LogP contribution in [-0.4, -0.2) is 20.9 Å². The summed E-state index contributed by atoms with van der Waals surface area (Å²) in [6.07, 6.45) is 0. The summed E-state index contributed by atoms with van der Waals surface area (Å²) >= 11 is 0.